The smallest absolute Gasteiger partial charge is 0.255 e. The topological polar surface area (TPSA) is 92.7 Å². The number of benzene rings is 1. The third-order valence-electron chi connectivity index (χ3n) is 3.68. The van der Waals surface area contributed by atoms with E-state index in [1.807, 2.05) is 0 Å². The van der Waals surface area contributed by atoms with E-state index in [1.165, 1.54) is 29.1 Å². The molecular weight excluding hydrogens is 325 g/mol. The van der Waals surface area contributed by atoms with Crippen LogP contribution in [0, 0.1) is 19.7 Å². The summed E-state index contributed by atoms with van der Waals surface area (Å²) in [5.41, 5.74) is 1.96. The van der Waals surface area contributed by atoms with Crippen molar-refractivity contribution in [3.8, 4) is 5.95 Å². The van der Waals surface area contributed by atoms with Crippen LogP contribution in [0.3, 0.4) is 0 Å². The first-order valence-electron chi connectivity index (χ1n) is 7.59. The fraction of sp³-hybridized carbons (Fsp3) is 0.176. The van der Waals surface area contributed by atoms with Gasteiger partial charge >= 0.3 is 0 Å². The van der Waals surface area contributed by atoms with Crippen LogP contribution in [-0.4, -0.2) is 25.7 Å². The van der Waals surface area contributed by atoms with Crippen molar-refractivity contribution in [3.63, 3.8) is 0 Å². The minimum Gasteiger partial charge on any atom is -0.348 e. The monoisotopic (exact) mass is 341 g/mol. The number of aromatic amines is 1. The van der Waals surface area contributed by atoms with E-state index < -0.39 is 0 Å². The van der Waals surface area contributed by atoms with Gasteiger partial charge in [-0.1, -0.05) is 12.1 Å². The number of rotatable bonds is 4. The highest BCUT2D eigenvalue weighted by atomic mass is 19.1. The maximum atomic E-state index is 12.9. The second-order valence-electron chi connectivity index (χ2n) is 5.57. The Kier molecular flexibility index (Phi) is 4.42. The fourth-order valence-corrected chi connectivity index (χ4v) is 2.39. The average molecular weight is 341 g/mol. The van der Waals surface area contributed by atoms with Crippen molar-refractivity contribution in [2.24, 2.45) is 0 Å². The Balaban J connectivity index is 1.79. The Morgan fingerprint density at radius 1 is 1.28 bits per heavy atom. The largest absolute Gasteiger partial charge is 0.348 e. The van der Waals surface area contributed by atoms with Crippen LogP contribution in [0.1, 0.15) is 27.3 Å². The molecule has 25 heavy (non-hydrogen) atoms. The molecule has 0 atom stereocenters. The van der Waals surface area contributed by atoms with Gasteiger partial charge in [0, 0.05) is 18.3 Å². The second kappa shape index (κ2) is 6.68. The van der Waals surface area contributed by atoms with Crippen LogP contribution in [-0.2, 0) is 6.54 Å². The van der Waals surface area contributed by atoms with Crippen molar-refractivity contribution in [3.05, 3.63) is 75.2 Å². The van der Waals surface area contributed by atoms with E-state index in [9.17, 15) is 14.0 Å². The molecule has 0 aliphatic rings. The van der Waals surface area contributed by atoms with Crippen molar-refractivity contribution >= 4 is 5.91 Å². The molecule has 0 aliphatic heterocycles. The summed E-state index contributed by atoms with van der Waals surface area (Å²) >= 11 is 0. The molecule has 0 radical (unpaired) electrons. The lowest BCUT2D eigenvalue weighted by Gasteiger charge is -2.06. The Bertz CT molecular complexity index is 975. The Labute approximate surface area is 142 Å². The number of nitrogens with one attached hydrogen (secondary N) is 2. The van der Waals surface area contributed by atoms with E-state index in [-0.39, 0.29) is 29.8 Å². The van der Waals surface area contributed by atoms with Gasteiger partial charge in [-0.3, -0.25) is 14.6 Å². The lowest BCUT2D eigenvalue weighted by Crippen LogP contribution is -2.23. The highest BCUT2D eigenvalue weighted by Gasteiger charge is 2.16. The molecule has 0 aliphatic carbocycles. The van der Waals surface area contributed by atoms with Crippen molar-refractivity contribution in [1.29, 1.82) is 0 Å². The Morgan fingerprint density at radius 2 is 2.00 bits per heavy atom. The van der Waals surface area contributed by atoms with E-state index >= 15 is 0 Å². The number of aromatic nitrogens is 4. The summed E-state index contributed by atoms with van der Waals surface area (Å²) in [6.07, 6.45) is 1.41. The number of nitrogens with zero attached hydrogens (tertiary/aromatic N) is 3. The molecule has 2 heterocycles. The van der Waals surface area contributed by atoms with Crippen LogP contribution < -0.4 is 10.9 Å². The van der Waals surface area contributed by atoms with Gasteiger partial charge in [-0.25, -0.2) is 14.1 Å². The van der Waals surface area contributed by atoms with E-state index in [4.69, 9.17) is 0 Å². The van der Waals surface area contributed by atoms with Gasteiger partial charge in [0.05, 0.1) is 17.5 Å². The predicted molar refractivity (Wildman–Crippen MR) is 89.0 cm³/mol. The summed E-state index contributed by atoms with van der Waals surface area (Å²) in [6.45, 7) is 3.68. The van der Waals surface area contributed by atoms with Crippen LogP contribution >= 0.6 is 0 Å². The summed E-state index contributed by atoms with van der Waals surface area (Å²) in [4.78, 5) is 30.7. The van der Waals surface area contributed by atoms with Crippen molar-refractivity contribution in [2.45, 2.75) is 20.4 Å². The molecule has 0 saturated heterocycles. The van der Waals surface area contributed by atoms with Gasteiger partial charge in [0.15, 0.2) is 0 Å². The first kappa shape index (κ1) is 16.6. The number of carbonyl (C=O) groups is 1. The van der Waals surface area contributed by atoms with Crippen molar-refractivity contribution in [1.82, 2.24) is 25.1 Å². The highest BCUT2D eigenvalue weighted by molar-refractivity contribution is 5.95. The molecule has 0 saturated carbocycles. The summed E-state index contributed by atoms with van der Waals surface area (Å²) in [6, 6.07) is 7.26. The van der Waals surface area contributed by atoms with Crippen LogP contribution in [0.5, 0.6) is 0 Å². The minimum atomic E-state index is -0.327. The summed E-state index contributed by atoms with van der Waals surface area (Å²) in [7, 11) is 0. The van der Waals surface area contributed by atoms with Gasteiger partial charge in [-0.2, -0.15) is 5.10 Å². The SMILES string of the molecule is Cc1cc(=O)[nH]c(-n2ncc(C(=O)NCc3ccc(F)cc3)c2C)n1. The molecule has 0 unspecified atom stereocenters. The summed E-state index contributed by atoms with van der Waals surface area (Å²) in [5, 5.41) is 6.89. The predicted octanol–water partition coefficient (Wildman–Crippen LogP) is 1.64. The first-order chi connectivity index (χ1) is 11.9. The van der Waals surface area contributed by atoms with E-state index in [1.54, 1.807) is 26.0 Å². The third kappa shape index (κ3) is 3.63. The number of hydrogen-bond acceptors (Lipinski definition) is 4. The lowest BCUT2D eigenvalue weighted by molar-refractivity contribution is 0.0950. The average Bonchev–Trinajstić information content (AvgIpc) is 2.95. The van der Waals surface area contributed by atoms with Gasteiger partial charge in [-0.15, -0.1) is 0 Å². The molecule has 0 bridgehead atoms. The van der Waals surface area contributed by atoms with E-state index in [0.717, 1.165) is 5.56 Å². The van der Waals surface area contributed by atoms with Crippen molar-refractivity contribution in [2.75, 3.05) is 0 Å². The quantitative estimate of drug-likeness (QED) is 0.754. The molecule has 8 heteroatoms. The molecule has 7 nitrogen and oxygen atoms in total. The number of carbonyl (C=O) groups excluding carboxylic acids is 1. The van der Waals surface area contributed by atoms with Gasteiger partial charge in [0.1, 0.15) is 5.82 Å². The number of hydrogen-bond donors (Lipinski definition) is 2. The van der Waals surface area contributed by atoms with Crippen LogP contribution in [0.4, 0.5) is 4.39 Å². The summed E-state index contributed by atoms with van der Waals surface area (Å²) in [5.74, 6) is -0.394. The van der Waals surface area contributed by atoms with Crippen LogP contribution in [0.15, 0.2) is 41.3 Å². The van der Waals surface area contributed by atoms with Crippen LogP contribution in [0.25, 0.3) is 5.95 Å². The number of halogens is 1. The maximum Gasteiger partial charge on any atom is 0.255 e. The molecule has 128 valence electrons. The minimum absolute atomic E-state index is 0.250. The lowest BCUT2D eigenvalue weighted by atomic mass is 10.2. The second-order valence-corrected chi connectivity index (χ2v) is 5.57. The third-order valence-corrected chi connectivity index (χ3v) is 3.68. The molecule has 0 fully saturated rings. The molecule has 1 amide bonds. The zero-order chi connectivity index (χ0) is 18.0. The molecule has 3 rings (SSSR count). The van der Waals surface area contributed by atoms with Crippen molar-refractivity contribution < 1.29 is 9.18 Å². The van der Waals surface area contributed by atoms with E-state index in [0.29, 0.717) is 17.0 Å². The number of H-pyrrole nitrogens is 1. The standard InChI is InChI=1S/C17H16FN5O2/c1-10-7-15(24)22-17(21-10)23-11(2)14(9-20-23)16(25)19-8-12-3-5-13(18)6-4-12/h3-7,9H,8H2,1-2H3,(H,19,25)(H,21,22,24). The first-order valence-corrected chi connectivity index (χ1v) is 7.59. The molecule has 2 aromatic heterocycles. The Hall–Kier alpha value is -3.29. The maximum absolute atomic E-state index is 12.9. The fourth-order valence-electron chi connectivity index (χ4n) is 2.39. The van der Waals surface area contributed by atoms with Gasteiger partial charge in [0.25, 0.3) is 11.5 Å². The van der Waals surface area contributed by atoms with Gasteiger partial charge in [0.2, 0.25) is 5.95 Å². The molecule has 3 aromatic rings. The molecule has 1 aromatic carbocycles. The van der Waals surface area contributed by atoms with E-state index in [2.05, 4.69) is 20.4 Å². The van der Waals surface area contributed by atoms with Crippen LogP contribution in [0.2, 0.25) is 0 Å². The number of amides is 1. The van der Waals surface area contributed by atoms with Gasteiger partial charge in [-0.05, 0) is 31.5 Å². The Morgan fingerprint density at radius 3 is 2.68 bits per heavy atom. The molecule has 0 spiro atoms. The zero-order valence-corrected chi connectivity index (χ0v) is 13.7. The highest BCUT2D eigenvalue weighted by Crippen LogP contribution is 2.11. The zero-order valence-electron chi connectivity index (χ0n) is 13.7. The number of aryl methyl sites for hydroxylation is 1. The molecular formula is C17H16FN5O2. The molecule has 2 N–H and O–H groups in total. The summed E-state index contributed by atoms with van der Waals surface area (Å²) < 4.78 is 14.3. The normalized spacial score (nSPS) is 10.7. The van der Waals surface area contributed by atoms with Gasteiger partial charge < -0.3 is 5.32 Å².